The molecule has 0 spiro atoms. The molecule has 0 aliphatic heterocycles. The molecule has 5 rings (SSSR count). The number of nitrogens with zero attached hydrogens (tertiary/aromatic N) is 1. The van der Waals surface area contributed by atoms with Gasteiger partial charge in [-0.1, -0.05) is 66.5 Å². The maximum atomic E-state index is 13.1. The Morgan fingerprint density at radius 1 is 0.865 bits per heavy atom. The minimum absolute atomic E-state index is 0.0147. The van der Waals surface area contributed by atoms with Crippen LogP contribution in [0.3, 0.4) is 0 Å². The molecule has 184 valence electrons. The average molecular weight is 529 g/mol. The van der Waals surface area contributed by atoms with E-state index in [9.17, 15) is 14.7 Å². The number of carboxylic acid groups (broad SMARTS) is 1. The molecular formula is C30H22Cl2N2O3. The molecule has 1 atom stereocenters. The summed E-state index contributed by atoms with van der Waals surface area (Å²) in [6.45, 7) is 1.95. The number of carbonyl (C=O) groups excluding carboxylic acids is 1. The number of carbonyl (C=O) groups is 2. The van der Waals surface area contributed by atoms with E-state index in [1.165, 1.54) is 6.07 Å². The van der Waals surface area contributed by atoms with Gasteiger partial charge in [0.15, 0.2) is 5.78 Å². The number of hydrogen-bond acceptors (Lipinski definition) is 3. The van der Waals surface area contributed by atoms with Gasteiger partial charge in [-0.2, -0.15) is 0 Å². The van der Waals surface area contributed by atoms with E-state index < -0.39 is 5.97 Å². The van der Waals surface area contributed by atoms with Gasteiger partial charge in [0, 0.05) is 27.6 Å². The third-order valence-electron chi connectivity index (χ3n) is 6.40. The molecule has 0 unspecified atom stereocenters. The molecule has 0 aliphatic carbocycles. The first-order valence-corrected chi connectivity index (χ1v) is 12.5. The summed E-state index contributed by atoms with van der Waals surface area (Å²) in [4.78, 5) is 33.4. The number of H-pyrrole nitrogens is 1. The average Bonchev–Trinajstić information content (AvgIpc) is 3.32. The fraction of sp³-hybridized carbons (Fsp3) is 0.100. The number of rotatable bonds is 7. The molecule has 0 amide bonds. The van der Waals surface area contributed by atoms with Crippen LogP contribution in [0.1, 0.15) is 45.5 Å². The fourth-order valence-electron chi connectivity index (χ4n) is 4.48. The summed E-state index contributed by atoms with van der Waals surface area (Å²) in [7, 11) is 0. The number of aromatic nitrogens is 2. The topological polar surface area (TPSA) is 83.0 Å². The lowest BCUT2D eigenvalue weighted by molar-refractivity contribution is 0.0697. The van der Waals surface area contributed by atoms with E-state index in [2.05, 4.69) is 9.97 Å². The van der Waals surface area contributed by atoms with Gasteiger partial charge in [-0.3, -0.25) is 4.79 Å². The molecule has 0 saturated carbocycles. The Kier molecular flexibility index (Phi) is 6.83. The summed E-state index contributed by atoms with van der Waals surface area (Å²) in [5, 5.41) is 11.2. The summed E-state index contributed by atoms with van der Waals surface area (Å²) >= 11 is 12.4. The van der Waals surface area contributed by atoms with E-state index in [0.29, 0.717) is 38.1 Å². The SMILES string of the molecule is C[C@@H](CC(=O)c1ccc(-c2cc(Cl)ccc2-c2nc3ccccc3[nH]2)c(C(=O)O)c1)c1cccc(Cl)c1. The molecule has 0 radical (unpaired) electrons. The smallest absolute Gasteiger partial charge is 0.336 e. The molecule has 0 fully saturated rings. The van der Waals surface area contributed by atoms with Crippen LogP contribution in [-0.4, -0.2) is 26.8 Å². The quantitative estimate of drug-likeness (QED) is 0.208. The zero-order valence-corrected chi connectivity index (χ0v) is 21.3. The molecule has 37 heavy (non-hydrogen) atoms. The van der Waals surface area contributed by atoms with Crippen molar-refractivity contribution in [2.75, 3.05) is 0 Å². The summed E-state index contributed by atoms with van der Waals surface area (Å²) < 4.78 is 0. The largest absolute Gasteiger partial charge is 0.478 e. The lowest BCUT2D eigenvalue weighted by Crippen LogP contribution is -2.08. The second-order valence-electron chi connectivity index (χ2n) is 8.94. The van der Waals surface area contributed by atoms with Gasteiger partial charge in [-0.25, -0.2) is 9.78 Å². The van der Waals surface area contributed by atoms with E-state index in [1.807, 2.05) is 55.5 Å². The number of nitrogens with one attached hydrogen (secondary N) is 1. The number of fused-ring (bicyclic) bond motifs is 1. The van der Waals surface area contributed by atoms with Gasteiger partial charge in [0.25, 0.3) is 0 Å². The van der Waals surface area contributed by atoms with E-state index in [1.54, 1.807) is 30.3 Å². The first-order valence-electron chi connectivity index (χ1n) is 11.7. The number of aromatic carboxylic acids is 1. The molecule has 2 N–H and O–H groups in total. The van der Waals surface area contributed by atoms with Crippen molar-refractivity contribution in [3.8, 4) is 22.5 Å². The van der Waals surface area contributed by atoms with Gasteiger partial charge >= 0.3 is 5.97 Å². The van der Waals surface area contributed by atoms with Crippen molar-refractivity contribution in [2.24, 2.45) is 0 Å². The zero-order valence-electron chi connectivity index (χ0n) is 19.8. The van der Waals surface area contributed by atoms with E-state index in [4.69, 9.17) is 23.2 Å². The van der Waals surface area contributed by atoms with Crippen molar-refractivity contribution in [2.45, 2.75) is 19.3 Å². The van der Waals surface area contributed by atoms with Crippen LogP contribution < -0.4 is 0 Å². The molecular weight excluding hydrogens is 507 g/mol. The van der Waals surface area contributed by atoms with Gasteiger partial charge in [-0.05, 0) is 71.1 Å². The van der Waals surface area contributed by atoms with Crippen molar-refractivity contribution < 1.29 is 14.7 Å². The summed E-state index contributed by atoms with van der Waals surface area (Å²) in [6.07, 6.45) is 0.222. The Hall–Kier alpha value is -3.93. The highest BCUT2D eigenvalue weighted by Crippen LogP contribution is 2.36. The Bertz CT molecular complexity index is 1630. The number of para-hydroxylation sites is 2. The maximum Gasteiger partial charge on any atom is 0.336 e. The summed E-state index contributed by atoms with van der Waals surface area (Å²) in [5.74, 6) is -0.764. The molecule has 1 aromatic heterocycles. The second-order valence-corrected chi connectivity index (χ2v) is 9.81. The number of benzene rings is 4. The number of halogens is 2. The Morgan fingerprint density at radius 2 is 1.62 bits per heavy atom. The van der Waals surface area contributed by atoms with Crippen molar-refractivity contribution in [3.05, 3.63) is 112 Å². The van der Waals surface area contributed by atoms with Crippen LogP contribution in [0, 0.1) is 0 Å². The van der Waals surface area contributed by atoms with Gasteiger partial charge in [0.2, 0.25) is 0 Å². The molecule has 0 bridgehead atoms. The third-order valence-corrected chi connectivity index (χ3v) is 6.87. The molecule has 7 heteroatoms. The number of carboxylic acids is 1. The van der Waals surface area contributed by atoms with Crippen LogP contribution in [0.5, 0.6) is 0 Å². The highest BCUT2D eigenvalue weighted by molar-refractivity contribution is 6.31. The summed E-state index contributed by atoms with van der Waals surface area (Å²) in [6, 6.07) is 25.1. The third kappa shape index (κ3) is 5.15. The monoisotopic (exact) mass is 528 g/mol. The van der Waals surface area contributed by atoms with Crippen LogP contribution in [0.4, 0.5) is 0 Å². The summed E-state index contributed by atoms with van der Waals surface area (Å²) in [5.41, 5.74) is 4.73. The minimum Gasteiger partial charge on any atom is -0.478 e. The Balaban J connectivity index is 1.53. The van der Waals surface area contributed by atoms with Gasteiger partial charge in [-0.15, -0.1) is 0 Å². The molecule has 1 heterocycles. The van der Waals surface area contributed by atoms with Crippen LogP contribution in [-0.2, 0) is 0 Å². The number of aromatic amines is 1. The first-order chi connectivity index (χ1) is 17.8. The highest BCUT2D eigenvalue weighted by Gasteiger charge is 2.21. The lowest BCUT2D eigenvalue weighted by atomic mass is 9.90. The normalized spacial score (nSPS) is 12.0. The van der Waals surface area contributed by atoms with Gasteiger partial charge in [0.05, 0.1) is 16.6 Å². The fourth-order valence-corrected chi connectivity index (χ4v) is 4.85. The molecule has 5 nitrogen and oxygen atoms in total. The number of imidazole rings is 1. The van der Waals surface area contributed by atoms with E-state index in [0.717, 1.165) is 16.6 Å². The van der Waals surface area contributed by atoms with Crippen LogP contribution in [0.25, 0.3) is 33.5 Å². The number of Topliss-reactive ketones (excluding diaryl/α,β-unsaturated/α-hetero) is 1. The van der Waals surface area contributed by atoms with Crippen molar-refractivity contribution >= 4 is 46.0 Å². The van der Waals surface area contributed by atoms with Crippen molar-refractivity contribution in [3.63, 3.8) is 0 Å². The Labute approximate surface area is 223 Å². The van der Waals surface area contributed by atoms with E-state index in [-0.39, 0.29) is 23.7 Å². The standard InChI is InChI=1S/C30H22Cl2N2O3/c1-17(18-5-4-6-20(31)14-18)13-28(35)19-9-11-22(25(15-19)30(36)37)24-16-21(32)10-12-23(24)29-33-26-7-2-3-8-27(26)34-29/h2-12,14-17H,13H2,1H3,(H,33,34)(H,36,37)/t17-/m0/s1. The Morgan fingerprint density at radius 3 is 2.38 bits per heavy atom. The molecule has 0 saturated heterocycles. The van der Waals surface area contributed by atoms with E-state index >= 15 is 0 Å². The van der Waals surface area contributed by atoms with Crippen molar-refractivity contribution in [1.29, 1.82) is 0 Å². The van der Waals surface area contributed by atoms with Gasteiger partial charge < -0.3 is 10.1 Å². The lowest BCUT2D eigenvalue weighted by Gasteiger charge is -2.14. The van der Waals surface area contributed by atoms with Crippen LogP contribution in [0.2, 0.25) is 10.0 Å². The maximum absolute atomic E-state index is 13.1. The zero-order chi connectivity index (χ0) is 26.1. The predicted molar refractivity (Wildman–Crippen MR) is 148 cm³/mol. The minimum atomic E-state index is -1.14. The second kappa shape index (κ2) is 10.2. The van der Waals surface area contributed by atoms with Crippen molar-refractivity contribution in [1.82, 2.24) is 9.97 Å². The first kappa shape index (κ1) is 24.8. The molecule has 4 aromatic carbocycles. The molecule has 0 aliphatic rings. The van der Waals surface area contributed by atoms with Crippen LogP contribution >= 0.6 is 23.2 Å². The molecule has 5 aromatic rings. The van der Waals surface area contributed by atoms with Gasteiger partial charge in [0.1, 0.15) is 5.82 Å². The number of hydrogen-bond donors (Lipinski definition) is 2. The van der Waals surface area contributed by atoms with Crippen LogP contribution in [0.15, 0.2) is 84.9 Å². The number of ketones is 1. The predicted octanol–water partition coefficient (Wildman–Crippen LogP) is 8.28. The highest BCUT2D eigenvalue weighted by atomic mass is 35.5.